The van der Waals surface area contributed by atoms with Gasteiger partial charge < -0.3 is 13.4 Å². The molecule has 0 spiro atoms. The van der Waals surface area contributed by atoms with Crippen molar-refractivity contribution in [3.05, 3.63) is 182 Å². The number of furan rings is 2. The van der Waals surface area contributed by atoms with Gasteiger partial charge in [-0.3, -0.25) is 0 Å². The molecule has 6 nitrogen and oxygen atoms in total. The molecule has 0 aliphatic rings. The van der Waals surface area contributed by atoms with Crippen LogP contribution in [0.4, 0.5) is 0 Å². The minimum atomic E-state index is 0.581. The summed E-state index contributed by atoms with van der Waals surface area (Å²) in [6, 6.07) is 62.8. The highest BCUT2D eigenvalue weighted by Gasteiger charge is 2.21. The Labute approximate surface area is 325 Å². The molecule has 4 heterocycles. The van der Waals surface area contributed by atoms with Gasteiger partial charge in [0.15, 0.2) is 17.5 Å². The van der Waals surface area contributed by atoms with Gasteiger partial charge in [-0.25, -0.2) is 15.0 Å². The van der Waals surface area contributed by atoms with Gasteiger partial charge in [-0.15, -0.1) is 0 Å². The summed E-state index contributed by atoms with van der Waals surface area (Å²) >= 11 is 0. The van der Waals surface area contributed by atoms with Gasteiger partial charge in [0.1, 0.15) is 22.3 Å². The van der Waals surface area contributed by atoms with Gasteiger partial charge in [-0.1, -0.05) is 127 Å². The third kappa shape index (κ3) is 5.01. The van der Waals surface area contributed by atoms with Crippen molar-refractivity contribution in [1.29, 1.82) is 0 Å². The maximum atomic E-state index is 6.53. The van der Waals surface area contributed by atoms with E-state index in [1.165, 1.54) is 21.9 Å². The normalized spacial score (nSPS) is 11.9. The molecule has 0 aliphatic carbocycles. The van der Waals surface area contributed by atoms with Crippen LogP contribution in [0.3, 0.4) is 0 Å². The summed E-state index contributed by atoms with van der Waals surface area (Å²) in [6.45, 7) is 0. The number of hydrogen-bond acceptors (Lipinski definition) is 5. The van der Waals surface area contributed by atoms with Gasteiger partial charge in [0.05, 0.1) is 11.0 Å². The van der Waals surface area contributed by atoms with Crippen LogP contribution >= 0.6 is 0 Å². The van der Waals surface area contributed by atoms with Crippen molar-refractivity contribution in [1.82, 2.24) is 19.5 Å². The molecule has 12 rings (SSSR count). The van der Waals surface area contributed by atoms with Crippen molar-refractivity contribution in [2.75, 3.05) is 0 Å². The molecule has 0 radical (unpaired) electrons. The lowest BCUT2D eigenvalue weighted by Crippen LogP contribution is -2.00. The number of hydrogen-bond donors (Lipinski definition) is 0. The van der Waals surface area contributed by atoms with E-state index in [1.807, 2.05) is 78.9 Å². The van der Waals surface area contributed by atoms with Gasteiger partial charge in [0, 0.05) is 60.8 Å². The Kier molecular flexibility index (Phi) is 6.83. The predicted molar refractivity (Wildman–Crippen MR) is 230 cm³/mol. The molecule has 0 N–H and O–H groups in total. The molecular formula is C51H30N4O2. The van der Waals surface area contributed by atoms with Crippen molar-refractivity contribution >= 4 is 65.7 Å². The van der Waals surface area contributed by atoms with E-state index in [-0.39, 0.29) is 0 Å². The quantitative estimate of drug-likeness (QED) is 0.176. The Morgan fingerprint density at radius 1 is 0.333 bits per heavy atom. The number of fused-ring (bicyclic) bond motifs is 9. The van der Waals surface area contributed by atoms with Gasteiger partial charge in [-0.2, -0.15) is 0 Å². The number of benzene rings is 8. The second-order valence-electron chi connectivity index (χ2n) is 14.4. The molecule has 0 saturated carbocycles. The van der Waals surface area contributed by atoms with Gasteiger partial charge in [-0.05, 0) is 59.7 Å². The fourth-order valence-corrected chi connectivity index (χ4v) is 8.40. The summed E-state index contributed by atoms with van der Waals surface area (Å²) in [5.74, 6) is 1.81. The third-order valence-corrected chi connectivity index (χ3v) is 11.0. The van der Waals surface area contributed by atoms with E-state index in [9.17, 15) is 0 Å². The molecule has 4 aromatic heterocycles. The van der Waals surface area contributed by atoms with E-state index < -0.39 is 0 Å². The van der Waals surface area contributed by atoms with E-state index in [0.717, 1.165) is 77.3 Å². The molecule has 12 aromatic rings. The van der Waals surface area contributed by atoms with Gasteiger partial charge >= 0.3 is 0 Å². The van der Waals surface area contributed by atoms with Crippen LogP contribution in [0.15, 0.2) is 191 Å². The van der Waals surface area contributed by atoms with Crippen LogP contribution in [0.25, 0.3) is 117 Å². The smallest absolute Gasteiger partial charge is 0.164 e. The minimum absolute atomic E-state index is 0.581. The summed E-state index contributed by atoms with van der Waals surface area (Å²) < 4.78 is 15.4. The van der Waals surface area contributed by atoms with Crippen molar-refractivity contribution in [3.63, 3.8) is 0 Å². The molecule has 0 atom stereocenters. The Morgan fingerprint density at radius 3 is 1.70 bits per heavy atom. The first-order chi connectivity index (χ1) is 28.2. The second kappa shape index (κ2) is 12.3. The largest absolute Gasteiger partial charge is 0.456 e. The van der Waals surface area contributed by atoms with Gasteiger partial charge in [0.25, 0.3) is 0 Å². The lowest BCUT2D eigenvalue weighted by molar-refractivity contribution is 0.656. The highest BCUT2D eigenvalue weighted by Crippen LogP contribution is 2.42. The first kappa shape index (κ1) is 31.5. The van der Waals surface area contributed by atoms with Crippen molar-refractivity contribution in [2.24, 2.45) is 0 Å². The molecule has 8 aromatic carbocycles. The Balaban J connectivity index is 1.06. The molecule has 0 aliphatic heterocycles. The Hall–Kier alpha value is -7.83. The molecular weight excluding hydrogens is 701 g/mol. The lowest BCUT2D eigenvalue weighted by Gasteiger charge is -2.09. The topological polar surface area (TPSA) is 69.9 Å². The maximum Gasteiger partial charge on any atom is 0.164 e. The standard InChI is InChI=1S/C51H30N4O2/c1-4-13-31(14-5-1)34-23-25-43-38(27-34)36-19-10-11-21-42(36)55(43)35-24-26-44-39(28-35)40-29-41-47(30-46(40)56-44)57-45-22-12-20-37(48(41)45)51-53-49(32-15-6-2-7-16-32)52-50(54-51)33-17-8-3-9-18-33/h1-30H. The van der Waals surface area contributed by atoms with Crippen LogP contribution in [-0.2, 0) is 0 Å². The zero-order valence-corrected chi connectivity index (χ0v) is 30.4. The number of para-hydroxylation sites is 1. The molecule has 266 valence electrons. The third-order valence-electron chi connectivity index (χ3n) is 11.0. The minimum Gasteiger partial charge on any atom is -0.456 e. The number of aromatic nitrogens is 4. The average molecular weight is 731 g/mol. The van der Waals surface area contributed by atoms with E-state index >= 15 is 0 Å². The predicted octanol–water partition coefficient (Wildman–Crippen LogP) is 13.4. The zero-order chi connectivity index (χ0) is 37.5. The van der Waals surface area contributed by atoms with Crippen LogP contribution in [0.5, 0.6) is 0 Å². The maximum absolute atomic E-state index is 6.53. The molecule has 0 fully saturated rings. The van der Waals surface area contributed by atoms with Gasteiger partial charge in [0.2, 0.25) is 0 Å². The van der Waals surface area contributed by atoms with E-state index in [4.69, 9.17) is 23.8 Å². The van der Waals surface area contributed by atoms with Crippen molar-refractivity contribution in [2.45, 2.75) is 0 Å². The Morgan fingerprint density at radius 2 is 0.947 bits per heavy atom. The monoisotopic (exact) mass is 730 g/mol. The lowest BCUT2D eigenvalue weighted by atomic mass is 10.0. The summed E-state index contributed by atoms with van der Waals surface area (Å²) in [7, 11) is 0. The SMILES string of the molecule is c1ccc(-c2ccc3c(c2)c2ccccc2n3-c2ccc3oc4cc5oc6cccc(-c7nc(-c8ccccc8)nc(-c8ccccc8)n7)c6c5cc4c3c2)cc1. The van der Waals surface area contributed by atoms with E-state index in [1.54, 1.807) is 0 Å². The first-order valence-corrected chi connectivity index (χ1v) is 19.0. The van der Waals surface area contributed by atoms with Crippen LogP contribution in [-0.4, -0.2) is 19.5 Å². The van der Waals surface area contributed by atoms with Crippen LogP contribution in [0.2, 0.25) is 0 Å². The number of rotatable bonds is 5. The highest BCUT2D eigenvalue weighted by molar-refractivity contribution is 6.18. The molecule has 6 heteroatoms. The van der Waals surface area contributed by atoms with E-state index in [0.29, 0.717) is 17.5 Å². The zero-order valence-electron chi connectivity index (χ0n) is 30.4. The molecule has 0 amide bonds. The summed E-state index contributed by atoms with van der Waals surface area (Å²) in [5, 5.41) is 6.38. The summed E-state index contributed by atoms with van der Waals surface area (Å²) in [6.07, 6.45) is 0. The molecule has 0 bridgehead atoms. The summed E-state index contributed by atoms with van der Waals surface area (Å²) in [5.41, 5.74) is 11.6. The Bertz CT molecular complexity index is 3450. The average Bonchev–Trinajstić information content (AvgIpc) is 3.94. The summed E-state index contributed by atoms with van der Waals surface area (Å²) in [4.78, 5) is 15.1. The fraction of sp³-hybridized carbons (Fsp3) is 0. The van der Waals surface area contributed by atoms with Crippen molar-refractivity contribution in [3.8, 4) is 51.0 Å². The highest BCUT2D eigenvalue weighted by atomic mass is 16.3. The molecule has 57 heavy (non-hydrogen) atoms. The van der Waals surface area contributed by atoms with Crippen LogP contribution < -0.4 is 0 Å². The first-order valence-electron chi connectivity index (χ1n) is 19.0. The molecule has 0 unspecified atom stereocenters. The van der Waals surface area contributed by atoms with Crippen LogP contribution in [0.1, 0.15) is 0 Å². The second-order valence-corrected chi connectivity index (χ2v) is 14.4. The number of nitrogens with zero attached hydrogens (tertiary/aromatic N) is 4. The fourth-order valence-electron chi connectivity index (χ4n) is 8.40. The van der Waals surface area contributed by atoms with Crippen LogP contribution in [0, 0.1) is 0 Å². The van der Waals surface area contributed by atoms with Crippen molar-refractivity contribution < 1.29 is 8.83 Å². The van der Waals surface area contributed by atoms with E-state index in [2.05, 4.69) is 108 Å². The molecule has 0 saturated heterocycles.